The molecule has 2 N–H and O–H groups in total. The van der Waals surface area contributed by atoms with Crippen molar-refractivity contribution in [1.29, 1.82) is 0 Å². The van der Waals surface area contributed by atoms with Gasteiger partial charge in [-0.2, -0.15) is 0 Å². The molecule has 0 saturated carbocycles. The molecule has 1 amide bonds. The van der Waals surface area contributed by atoms with Crippen LogP contribution in [-0.2, 0) is 16.0 Å². The highest BCUT2D eigenvalue weighted by Gasteiger charge is 2.22. The summed E-state index contributed by atoms with van der Waals surface area (Å²) in [6, 6.07) is 11.6. The van der Waals surface area contributed by atoms with Gasteiger partial charge in [-0.25, -0.2) is 0 Å². The Bertz CT molecular complexity index is 667. The molecular formula is C18H21NO3S. The van der Waals surface area contributed by atoms with E-state index in [0.717, 1.165) is 16.0 Å². The fourth-order valence-electron chi connectivity index (χ4n) is 2.41. The number of hydrogen-bond donors (Lipinski definition) is 2. The van der Waals surface area contributed by atoms with Crippen molar-refractivity contribution in [3.63, 3.8) is 0 Å². The molecule has 0 bridgehead atoms. The zero-order chi connectivity index (χ0) is 16.8. The highest BCUT2D eigenvalue weighted by molar-refractivity contribution is 7.10. The molecule has 2 atom stereocenters. The molecule has 2 unspecified atom stereocenters. The minimum absolute atomic E-state index is 0.136. The summed E-state index contributed by atoms with van der Waals surface area (Å²) < 4.78 is 0. The molecule has 1 aromatic carbocycles. The third-order valence-electron chi connectivity index (χ3n) is 3.80. The van der Waals surface area contributed by atoms with Crippen molar-refractivity contribution in [1.82, 2.24) is 5.32 Å². The van der Waals surface area contributed by atoms with E-state index in [1.54, 1.807) is 0 Å². The van der Waals surface area contributed by atoms with Gasteiger partial charge in [-0.05, 0) is 37.3 Å². The summed E-state index contributed by atoms with van der Waals surface area (Å²) in [6.07, 6.45) is 0.407. The van der Waals surface area contributed by atoms with E-state index in [4.69, 9.17) is 0 Å². The minimum Gasteiger partial charge on any atom is -0.481 e. The molecule has 2 aromatic rings. The number of benzene rings is 1. The first kappa shape index (κ1) is 17.2. The second-order valence-electron chi connectivity index (χ2n) is 5.71. The van der Waals surface area contributed by atoms with E-state index in [-0.39, 0.29) is 18.4 Å². The topological polar surface area (TPSA) is 66.4 Å². The van der Waals surface area contributed by atoms with Gasteiger partial charge in [-0.1, -0.05) is 35.9 Å². The molecule has 0 radical (unpaired) electrons. The van der Waals surface area contributed by atoms with Crippen molar-refractivity contribution in [3.05, 3.63) is 57.8 Å². The predicted octanol–water partition coefficient (Wildman–Crippen LogP) is 3.22. The van der Waals surface area contributed by atoms with Crippen LogP contribution < -0.4 is 5.32 Å². The average molecular weight is 331 g/mol. The third-order valence-corrected chi connectivity index (χ3v) is 4.85. The maximum atomic E-state index is 12.2. The quantitative estimate of drug-likeness (QED) is 0.818. The Labute approximate surface area is 140 Å². The number of thiophene rings is 1. The summed E-state index contributed by atoms with van der Waals surface area (Å²) in [4.78, 5) is 24.6. The van der Waals surface area contributed by atoms with E-state index < -0.39 is 11.9 Å². The van der Waals surface area contributed by atoms with Gasteiger partial charge in [0.25, 0.3) is 0 Å². The van der Waals surface area contributed by atoms with Crippen molar-refractivity contribution in [2.24, 2.45) is 5.92 Å². The van der Waals surface area contributed by atoms with Gasteiger partial charge < -0.3 is 10.4 Å². The molecule has 0 fully saturated rings. The predicted molar refractivity (Wildman–Crippen MR) is 91.8 cm³/mol. The van der Waals surface area contributed by atoms with E-state index in [1.807, 2.05) is 55.6 Å². The van der Waals surface area contributed by atoms with E-state index in [9.17, 15) is 14.7 Å². The van der Waals surface area contributed by atoms with E-state index in [2.05, 4.69) is 5.32 Å². The van der Waals surface area contributed by atoms with Crippen molar-refractivity contribution < 1.29 is 14.7 Å². The van der Waals surface area contributed by atoms with Gasteiger partial charge in [-0.15, -0.1) is 11.3 Å². The van der Waals surface area contributed by atoms with Crippen LogP contribution in [0.4, 0.5) is 0 Å². The summed E-state index contributed by atoms with van der Waals surface area (Å²) in [7, 11) is 0. The van der Waals surface area contributed by atoms with E-state index in [1.165, 1.54) is 11.3 Å². The molecule has 1 heterocycles. The number of carboxylic acid groups (broad SMARTS) is 1. The third kappa shape index (κ3) is 4.93. The molecule has 23 heavy (non-hydrogen) atoms. The van der Waals surface area contributed by atoms with Gasteiger partial charge in [0.1, 0.15) is 0 Å². The smallest absolute Gasteiger partial charge is 0.308 e. The molecule has 0 aliphatic heterocycles. The zero-order valence-electron chi connectivity index (χ0n) is 13.3. The molecule has 0 aliphatic carbocycles. The number of nitrogens with one attached hydrogen (secondary N) is 1. The number of carbonyl (C=O) groups excluding carboxylic acids is 1. The number of aliphatic carboxylic acids is 1. The lowest BCUT2D eigenvalue weighted by atomic mass is 9.98. The lowest BCUT2D eigenvalue weighted by Gasteiger charge is -2.16. The van der Waals surface area contributed by atoms with Gasteiger partial charge in [0.2, 0.25) is 5.91 Å². The zero-order valence-corrected chi connectivity index (χ0v) is 14.1. The lowest BCUT2D eigenvalue weighted by molar-refractivity contribution is -0.141. The fourth-order valence-corrected chi connectivity index (χ4v) is 3.20. The van der Waals surface area contributed by atoms with E-state index >= 15 is 0 Å². The summed E-state index contributed by atoms with van der Waals surface area (Å²) >= 11 is 1.53. The summed E-state index contributed by atoms with van der Waals surface area (Å²) in [5.74, 6) is -1.92. The summed E-state index contributed by atoms with van der Waals surface area (Å²) in [5.41, 5.74) is 2.07. The molecule has 5 heteroatoms. The maximum Gasteiger partial charge on any atom is 0.308 e. The highest BCUT2D eigenvalue weighted by Crippen LogP contribution is 2.20. The Hall–Kier alpha value is -2.14. The lowest BCUT2D eigenvalue weighted by Crippen LogP contribution is -2.36. The van der Waals surface area contributed by atoms with Crippen molar-refractivity contribution >= 4 is 23.2 Å². The molecule has 122 valence electrons. The first-order chi connectivity index (χ1) is 11.0. The van der Waals surface area contributed by atoms with Crippen molar-refractivity contribution in [2.75, 3.05) is 6.54 Å². The van der Waals surface area contributed by atoms with Crippen LogP contribution in [0, 0.1) is 12.8 Å². The second kappa shape index (κ2) is 7.92. The van der Waals surface area contributed by atoms with Crippen molar-refractivity contribution in [2.45, 2.75) is 26.2 Å². The molecule has 0 aliphatic rings. The molecule has 4 nitrogen and oxygen atoms in total. The van der Waals surface area contributed by atoms with Crippen LogP contribution in [0.1, 0.15) is 28.8 Å². The Morgan fingerprint density at radius 3 is 2.65 bits per heavy atom. The van der Waals surface area contributed by atoms with Crippen LogP contribution in [0.25, 0.3) is 0 Å². The van der Waals surface area contributed by atoms with Gasteiger partial charge in [0.05, 0.1) is 11.8 Å². The fraction of sp³-hybridized carbons (Fsp3) is 0.333. The van der Waals surface area contributed by atoms with Crippen LogP contribution in [0.5, 0.6) is 0 Å². The molecule has 0 saturated heterocycles. The first-order valence-electron chi connectivity index (χ1n) is 7.57. The number of hydrogen-bond acceptors (Lipinski definition) is 3. The Morgan fingerprint density at radius 2 is 2.04 bits per heavy atom. The second-order valence-corrected chi connectivity index (χ2v) is 6.69. The van der Waals surface area contributed by atoms with Crippen LogP contribution >= 0.6 is 11.3 Å². The van der Waals surface area contributed by atoms with Gasteiger partial charge in [0, 0.05) is 11.4 Å². The summed E-state index contributed by atoms with van der Waals surface area (Å²) in [6.45, 7) is 3.94. The van der Waals surface area contributed by atoms with Crippen LogP contribution in [0.3, 0.4) is 0 Å². The van der Waals surface area contributed by atoms with Gasteiger partial charge >= 0.3 is 5.97 Å². The minimum atomic E-state index is -0.893. The van der Waals surface area contributed by atoms with Crippen molar-refractivity contribution in [3.8, 4) is 0 Å². The number of rotatable bonds is 7. The number of carbonyl (C=O) groups is 2. The van der Waals surface area contributed by atoms with Crippen LogP contribution in [-0.4, -0.2) is 23.5 Å². The molecule has 2 rings (SSSR count). The van der Waals surface area contributed by atoms with E-state index in [0.29, 0.717) is 6.42 Å². The Kier molecular flexibility index (Phi) is 5.93. The average Bonchev–Trinajstić information content (AvgIpc) is 3.04. The normalized spacial score (nSPS) is 13.3. The van der Waals surface area contributed by atoms with Gasteiger partial charge in [-0.3, -0.25) is 9.59 Å². The highest BCUT2D eigenvalue weighted by atomic mass is 32.1. The maximum absolute atomic E-state index is 12.2. The molecule has 0 spiro atoms. The monoisotopic (exact) mass is 331 g/mol. The standard InChI is InChI=1S/C18H21NO3S/c1-12-5-3-6-14(9-12)10-15(18(21)22)11-19-17(20)13(2)16-7-4-8-23-16/h3-9,13,15H,10-11H2,1-2H3,(H,19,20)(H,21,22). The van der Waals surface area contributed by atoms with Crippen LogP contribution in [0.15, 0.2) is 41.8 Å². The number of amides is 1. The van der Waals surface area contributed by atoms with Gasteiger partial charge in [0.15, 0.2) is 0 Å². The Balaban J connectivity index is 1.94. The van der Waals surface area contributed by atoms with Crippen LogP contribution in [0.2, 0.25) is 0 Å². The number of carboxylic acids is 1. The molecule has 1 aromatic heterocycles. The summed E-state index contributed by atoms with van der Waals surface area (Å²) in [5, 5.41) is 14.1. The Morgan fingerprint density at radius 1 is 1.26 bits per heavy atom. The largest absolute Gasteiger partial charge is 0.481 e. The number of aryl methyl sites for hydroxylation is 1. The first-order valence-corrected chi connectivity index (χ1v) is 8.45. The molecular weight excluding hydrogens is 310 g/mol. The SMILES string of the molecule is Cc1cccc(CC(CNC(=O)C(C)c2cccs2)C(=O)O)c1.